The standard InChI is InChI=1S/C16H22N2OS.C10H17NO2/c1-16(2,19)11-8-13-14(9-12(11)17)20-15(18-13)10-6-4-3-5-7-10;1-11-6-10(7-11)4-8(5-10)2-3-9(12)13/h8-10,19H,3-7,17H2,1-2H3;8H,2-7H2,1H3,(H,12,13). The van der Waals surface area contributed by atoms with Gasteiger partial charge in [0.25, 0.3) is 0 Å². The molecule has 3 aliphatic rings. The Kier molecular flexibility index (Phi) is 7.04. The lowest BCUT2D eigenvalue weighted by molar-refractivity contribution is -0.138. The number of fused-ring (bicyclic) bond motifs is 1. The van der Waals surface area contributed by atoms with Crippen LogP contribution in [-0.2, 0) is 10.4 Å². The SMILES string of the molecule is CC(C)(O)c1cc2nc(C3CCCCC3)sc2cc1N.CN1CC2(CC(CCC(=O)O)C2)C1. The van der Waals surface area contributed by atoms with E-state index in [0.29, 0.717) is 29.4 Å². The molecule has 1 aromatic heterocycles. The first kappa shape index (κ1) is 24.4. The first-order chi connectivity index (χ1) is 15.5. The largest absolute Gasteiger partial charge is 0.481 e. The molecule has 2 aromatic rings. The first-order valence-electron chi connectivity index (χ1n) is 12.4. The van der Waals surface area contributed by atoms with Crippen molar-refractivity contribution in [1.82, 2.24) is 9.88 Å². The van der Waals surface area contributed by atoms with E-state index < -0.39 is 11.6 Å². The Morgan fingerprint density at radius 3 is 2.48 bits per heavy atom. The number of nitrogens with two attached hydrogens (primary N) is 1. The lowest BCUT2D eigenvalue weighted by atomic mass is 9.57. The van der Waals surface area contributed by atoms with Gasteiger partial charge in [-0.2, -0.15) is 0 Å². The number of nitrogen functional groups attached to an aromatic ring is 1. The number of nitrogens with zero attached hydrogens (tertiary/aromatic N) is 2. The fourth-order valence-electron chi connectivity index (χ4n) is 6.12. The summed E-state index contributed by atoms with van der Waals surface area (Å²) in [7, 11) is 2.15. The van der Waals surface area contributed by atoms with Gasteiger partial charge in [0.2, 0.25) is 0 Å². The van der Waals surface area contributed by atoms with Gasteiger partial charge in [-0.25, -0.2) is 4.98 Å². The molecule has 3 fully saturated rings. The molecule has 2 heterocycles. The van der Waals surface area contributed by atoms with Crippen LogP contribution in [0.25, 0.3) is 10.2 Å². The van der Waals surface area contributed by atoms with Crippen LogP contribution in [0.2, 0.25) is 0 Å². The van der Waals surface area contributed by atoms with Gasteiger partial charge in [-0.15, -0.1) is 11.3 Å². The van der Waals surface area contributed by atoms with Gasteiger partial charge in [0, 0.05) is 36.7 Å². The maximum Gasteiger partial charge on any atom is 0.303 e. The fourth-order valence-corrected chi connectivity index (χ4v) is 7.28. The number of thiazole rings is 1. The molecule has 4 N–H and O–H groups in total. The summed E-state index contributed by atoms with van der Waals surface area (Å²) in [6.45, 7) is 5.99. The summed E-state index contributed by atoms with van der Waals surface area (Å²) in [5.41, 5.74) is 8.16. The second-order valence-corrected chi connectivity index (χ2v) is 12.3. The van der Waals surface area contributed by atoms with E-state index in [1.165, 1.54) is 63.0 Å². The normalized spacial score (nSPS) is 21.3. The summed E-state index contributed by atoms with van der Waals surface area (Å²) in [5.74, 6) is 0.671. The lowest BCUT2D eigenvalue weighted by Gasteiger charge is -2.58. The average Bonchev–Trinajstić information content (AvgIpc) is 3.11. The van der Waals surface area contributed by atoms with Crippen molar-refractivity contribution in [3.8, 4) is 0 Å². The third-order valence-corrected chi connectivity index (χ3v) is 8.79. The van der Waals surface area contributed by atoms with Gasteiger partial charge < -0.3 is 20.8 Å². The van der Waals surface area contributed by atoms with Crippen molar-refractivity contribution in [2.75, 3.05) is 25.9 Å². The van der Waals surface area contributed by atoms with Crippen molar-refractivity contribution < 1.29 is 15.0 Å². The van der Waals surface area contributed by atoms with E-state index in [1.807, 2.05) is 12.1 Å². The Hall–Kier alpha value is -1.70. The maximum atomic E-state index is 10.3. The highest BCUT2D eigenvalue weighted by Crippen LogP contribution is 2.52. The van der Waals surface area contributed by atoms with Gasteiger partial charge in [-0.3, -0.25) is 4.79 Å². The predicted octanol–water partition coefficient (Wildman–Crippen LogP) is 5.35. The Bertz CT molecular complexity index is 977. The number of likely N-dealkylation sites (tertiary alicyclic amines) is 1. The summed E-state index contributed by atoms with van der Waals surface area (Å²) in [5, 5.41) is 19.9. The quantitative estimate of drug-likeness (QED) is 0.507. The highest BCUT2D eigenvalue weighted by Gasteiger charge is 2.50. The Labute approximate surface area is 201 Å². The minimum atomic E-state index is -0.924. The van der Waals surface area contributed by atoms with Crippen molar-refractivity contribution in [3.05, 3.63) is 22.7 Å². The van der Waals surface area contributed by atoms with Crippen LogP contribution in [0.3, 0.4) is 0 Å². The number of aliphatic carboxylic acids is 1. The zero-order chi connectivity index (χ0) is 23.8. The number of hydrogen-bond donors (Lipinski definition) is 3. The number of carboxylic acids is 1. The van der Waals surface area contributed by atoms with E-state index in [9.17, 15) is 9.90 Å². The number of aromatic nitrogens is 1. The first-order valence-corrected chi connectivity index (χ1v) is 13.2. The number of anilines is 1. The molecule has 33 heavy (non-hydrogen) atoms. The molecule has 6 nitrogen and oxygen atoms in total. The minimum absolute atomic E-state index is 0.358. The molecule has 0 amide bonds. The molecule has 1 aromatic carbocycles. The second kappa shape index (κ2) is 9.51. The molecular formula is C26H39N3O3S. The van der Waals surface area contributed by atoms with Crippen molar-refractivity contribution in [3.63, 3.8) is 0 Å². The summed E-state index contributed by atoms with van der Waals surface area (Å²) >= 11 is 1.76. The molecule has 1 spiro atoms. The van der Waals surface area contributed by atoms with Crippen LogP contribution in [-0.4, -0.2) is 46.2 Å². The molecule has 2 saturated carbocycles. The van der Waals surface area contributed by atoms with Crippen LogP contribution in [0.5, 0.6) is 0 Å². The second-order valence-electron chi connectivity index (χ2n) is 11.2. The highest BCUT2D eigenvalue weighted by molar-refractivity contribution is 7.18. The van der Waals surface area contributed by atoms with Crippen molar-refractivity contribution >= 4 is 33.2 Å². The molecule has 1 aliphatic heterocycles. The van der Waals surface area contributed by atoms with Crippen molar-refractivity contribution in [1.29, 1.82) is 0 Å². The van der Waals surface area contributed by atoms with Crippen molar-refractivity contribution in [2.24, 2.45) is 11.3 Å². The monoisotopic (exact) mass is 473 g/mol. The minimum Gasteiger partial charge on any atom is -0.481 e. The van der Waals surface area contributed by atoms with Crippen LogP contribution in [0.1, 0.15) is 88.1 Å². The van der Waals surface area contributed by atoms with Gasteiger partial charge in [-0.05, 0) is 76.5 Å². The molecule has 2 aliphatic carbocycles. The van der Waals surface area contributed by atoms with E-state index in [1.54, 1.807) is 25.2 Å². The van der Waals surface area contributed by atoms with Crippen LogP contribution in [0.15, 0.2) is 12.1 Å². The molecule has 0 bridgehead atoms. The van der Waals surface area contributed by atoms with Crippen LogP contribution >= 0.6 is 11.3 Å². The van der Waals surface area contributed by atoms with Gasteiger partial charge in [0.1, 0.15) is 0 Å². The number of carbonyl (C=O) groups is 1. The Morgan fingerprint density at radius 1 is 1.24 bits per heavy atom. The van der Waals surface area contributed by atoms with Gasteiger partial charge >= 0.3 is 5.97 Å². The fraction of sp³-hybridized carbons (Fsp3) is 0.692. The van der Waals surface area contributed by atoms with Crippen molar-refractivity contribution in [2.45, 2.75) is 83.2 Å². The Morgan fingerprint density at radius 2 is 1.91 bits per heavy atom. The van der Waals surface area contributed by atoms with Crippen LogP contribution in [0, 0.1) is 11.3 Å². The predicted molar refractivity (Wildman–Crippen MR) is 135 cm³/mol. The molecule has 1 saturated heterocycles. The molecule has 0 unspecified atom stereocenters. The number of benzene rings is 1. The zero-order valence-electron chi connectivity index (χ0n) is 20.3. The smallest absolute Gasteiger partial charge is 0.303 e. The topological polar surface area (TPSA) is 99.7 Å². The summed E-state index contributed by atoms with van der Waals surface area (Å²) in [6, 6.07) is 3.92. The number of hydrogen-bond acceptors (Lipinski definition) is 6. The van der Waals surface area contributed by atoms with Crippen LogP contribution < -0.4 is 5.73 Å². The number of rotatable bonds is 5. The van der Waals surface area contributed by atoms with E-state index in [-0.39, 0.29) is 0 Å². The van der Waals surface area contributed by atoms with E-state index in [2.05, 4.69) is 11.9 Å². The summed E-state index contributed by atoms with van der Waals surface area (Å²) in [4.78, 5) is 17.5. The van der Waals surface area contributed by atoms with E-state index in [4.69, 9.17) is 15.8 Å². The summed E-state index contributed by atoms with van der Waals surface area (Å²) in [6.07, 6.45) is 10.3. The van der Waals surface area contributed by atoms with Gasteiger partial charge in [-0.1, -0.05) is 19.3 Å². The zero-order valence-corrected chi connectivity index (χ0v) is 21.1. The van der Waals surface area contributed by atoms with Crippen LogP contribution in [0.4, 0.5) is 5.69 Å². The molecule has 5 rings (SSSR count). The van der Waals surface area contributed by atoms with E-state index in [0.717, 1.165) is 22.2 Å². The Balaban J connectivity index is 0.000000172. The molecule has 0 radical (unpaired) electrons. The molecule has 0 atom stereocenters. The van der Waals surface area contributed by atoms with Gasteiger partial charge in [0.05, 0.1) is 20.8 Å². The molecule has 182 valence electrons. The third-order valence-electron chi connectivity index (χ3n) is 7.61. The van der Waals surface area contributed by atoms with Gasteiger partial charge in [0.15, 0.2) is 0 Å². The third kappa shape index (κ3) is 5.69. The molecular weight excluding hydrogens is 434 g/mol. The number of carboxylic acid groups (broad SMARTS) is 1. The average molecular weight is 474 g/mol. The van der Waals surface area contributed by atoms with E-state index >= 15 is 0 Å². The number of aliphatic hydroxyl groups is 1. The summed E-state index contributed by atoms with van der Waals surface area (Å²) < 4.78 is 1.14. The maximum absolute atomic E-state index is 10.3. The lowest BCUT2D eigenvalue weighted by Crippen LogP contribution is -2.60. The molecule has 7 heteroatoms. The highest BCUT2D eigenvalue weighted by atomic mass is 32.1.